The number of nitriles is 1. The highest BCUT2D eigenvalue weighted by Crippen LogP contribution is 2.41. The third-order valence-electron chi connectivity index (χ3n) is 2.47. The number of halogens is 4. The molecule has 8 heteroatoms. The molecule has 0 amide bonds. The molecule has 0 aliphatic carbocycles. The molecule has 0 aromatic heterocycles. The summed E-state index contributed by atoms with van der Waals surface area (Å²) < 4.78 is 42.8. The molecule has 0 saturated heterocycles. The van der Waals surface area contributed by atoms with Crippen LogP contribution in [-0.2, 0) is 21.3 Å². The first-order valence-electron chi connectivity index (χ1n) is 5.84. The third-order valence-corrected chi connectivity index (χ3v) is 3.97. The molecule has 1 aromatic rings. The van der Waals surface area contributed by atoms with Crippen molar-refractivity contribution >= 4 is 33.7 Å². The summed E-state index contributed by atoms with van der Waals surface area (Å²) in [6, 6.07) is 4.58. The van der Waals surface area contributed by atoms with Gasteiger partial charge in [0.1, 0.15) is 6.07 Å². The maximum absolute atomic E-state index is 12.7. The number of ether oxygens (including phenoxy) is 1. The van der Waals surface area contributed by atoms with Crippen LogP contribution in [0.4, 0.5) is 13.2 Å². The van der Waals surface area contributed by atoms with Crippen molar-refractivity contribution in [2.45, 2.75) is 29.1 Å². The maximum Gasteiger partial charge on any atom is 0.446 e. The quantitative estimate of drug-likeness (QED) is 0.436. The lowest BCUT2D eigenvalue weighted by molar-refractivity contribution is -0.142. The SMILES string of the molecule is CCOC(=O)Cc1c(CBr)ccc(C#N)c1SC(F)(F)F. The van der Waals surface area contributed by atoms with Gasteiger partial charge in [-0.3, -0.25) is 4.79 Å². The number of nitrogens with zero attached hydrogens (tertiary/aromatic N) is 1. The molecule has 3 nitrogen and oxygen atoms in total. The molecule has 0 spiro atoms. The Labute approximate surface area is 132 Å². The summed E-state index contributed by atoms with van der Waals surface area (Å²) in [5.41, 5.74) is -3.96. The van der Waals surface area contributed by atoms with E-state index >= 15 is 0 Å². The molecule has 0 radical (unpaired) electrons. The van der Waals surface area contributed by atoms with Crippen LogP contribution in [0.2, 0.25) is 0 Å². The van der Waals surface area contributed by atoms with Gasteiger partial charge in [0, 0.05) is 10.2 Å². The summed E-state index contributed by atoms with van der Waals surface area (Å²) in [5.74, 6) is -0.626. The minimum Gasteiger partial charge on any atom is -0.466 e. The molecule has 0 N–H and O–H groups in total. The fourth-order valence-corrected chi connectivity index (χ4v) is 2.97. The van der Waals surface area contributed by atoms with Crippen molar-refractivity contribution in [1.29, 1.82) is 5.26 Å². The van der Waals surface area contributed by atoms with E-state index in [1.165, 1.54) is 12.1 Å². The normalized spacial score (nSPS) is 11.0. The summed E-state index contributed by atoms with van der Waals surface area (Å²) in [5, 5.41) is 9.26. The molecule has 0 atom stereocenters. The van der Waals surface area contributed by atoms with E-state index in [-0.39, 0.29) is 46.1 Å². The first-order valence-corrected chi connectivity index (χ1v) is 7.78. The van der Waals surface area contributed by atoms with Gasteiger partial charge in [0.25, 0.3) is 0 Å². The van der Waals surface area contributed by atoms with Crippen LogP contribution >= 0.6 is 27.7 Å². The number of hydrogen-bond donors (Lipinski definition) is 0. The van der Waals surface area contributed by atoms with Crippen LogP contribution in [0.1, 0.15) is 23.6 Å². The van der Waals surface area contributed by atoms with Crippen LogP contribution < -0.4 is 0 Å². The van der Waals surface area contributed by atoms with Crippen LogP contribution in [0, 0.1) is 11.3 Å². The van der Waals surface area contributed by atoms with Crippen LogP contribution in [0.5, 0.6) is 0 Å². The molecular formula is C13H11BrF3NO2S. The Bertz CT molecular complexity index is 570. The predicted octanol–water partition coefficient (Wildman–Crippen LogP) is 4.17. The number of carbonyl (C=O) groups is 1. The van der Waals surface area contributed by atoms with E-state index < -0.39 is 11.5 Å². The van der Waals surface area contributed by atoms with Gasteiger partial charge in [-0.1, -0.05) is 22.0 Å². The van der Waals surface area contributed by atoms with Gasteiger partial charge in [0.2, 0.25) is 0 Å². The first kappa shape index (κ1) is 17.9. The van der Waals surface area contributed by atoms with Crippen molar-refractivity contribution in [3.63, 3.8) is 0 Å². The van der Waals surface area contributed by atoms with Crippen LogP contribution in [0.3, 0.4) is 0 Å². The predicted molar refractivity (Wildman–Crippen MR) is 76.0 cm³/mol. The minimum absolute atomic E-state index is 0.110. The number of esters is 1. The second-order valence-corrected chi connectivity index (χ2v) is 5.49. The Balaban J connectivity index is 3.34. The number of thioether (sulfide) groups is 1. The van der Waals surface area contributed by atoms with Crippen molar-refractivity contribution in [2.24, 2.45) is 0 Å². The fraction of sp³-hybridized carbons (Fsp3) is 0.385. The second-order valence-electron chi connectivity index (χ2n) is 3.85. The zero-order chi connectivity index (χ0) is 16.0. The van der Waals surface area contributed by atoms with Gasteiger partial charge in [-0.15, -0.1) is 0 Å². The largest absolute Gasteiger partial charge is 0.466 e. The molecule has 114 valence electrons. The number of rotatable bonds is 5. The van der Waals surface area contributed by atoms with Gasteiger partial charge in [-0.05, 0) is 35.9 Å². The third kappa shape index (κ3) is 5.25. The number of alkyl halides is 4. The van der Waals surface area contributed by atoms with Gasteiger partial charge in [-0.25, -0.2) is 0 Å². The van der Waals surface area contributed by atoms with E-state index in [0.29, 0.717) is 5.56 Å². The number of benzene rings is 1. The Kier molecular flexibility index (Phi) is 6.55. The van der Waals surface area contributed by atoms with E-state index in [1.807, 2.05) is 0 Å². The molecule has 1 rings (SSSR count). The van der Waals surface area contributed by atoms with Crippen molar-refractivity contribution < 1.29 is 22.7 Å². The number of carbonyl (C=O) groups excluding carboxylic acids is 1. The summed E-state index contributed by atoms with van der Waals surface area (Å²) >= 11 is 2.79. The Morgan fingerprint density at radius 1 is 1.48 bits per heavy atom. The topological polar surface area (TPSA) is 50.1 Å². The zero-order valence-corrected chi connectivity index (χ0v) is 13.4. The van der Waals surface area contributed by atoms with Gasteiger partial charge >= 0.3 is 11.5 Å². The van der Waals surface area contributed by atoms with E-state index in [2.05, 4.69) is 15.9 Å². The molecule has 0 aliphatic rings. The highest BCUT2D eigenvalue weighted by molar-refractivity contribution is 9.08. The molecule has 0 fully saturated rings. The highest BCUT2D eigenvalue weighted by atomic mass is 79.9. The summed E-state index contributed by atoms with van der Waals surface area (Å²) in [6.45, 7) is 1.75. The van der Waals surface area contributed by atoms with Gasteiger partial charge in [0.05, 0.1) is 18.6 Å². The average molecular weight is 382 g/mol. The Morgan fingerprint density at radius 2 is 2.14 bits per heavy atom. The summed E-state index contributed by atoms with van der Waals surface area (Å²) in [4.78, 5) is 11.3. The molecule has 21 heavy (non-hydrogen) atoms. The maximum atomic E-state index is 12.7. The first-order chi connectivity index (χ1) is 9.82. The van der Waals surface area contributed by atoms with Gasteiger partial charge in [-0.2, -0.15) is 18.4 Å². The van der Waals surface area contributed by atoms with E-state index in [4.69, 9.17) is 10.00 Å². The minimum atomic E-state index is -4.54. The smallest absolute Gasteiger partial charge is 0.446 e. The van der Waals surface area contributed by atoms with Crippen LogP contribution in [0.25, 0.3) is 0 Å². The molecule has 0 heterocycles. The molecule has 0 unspecified atom stereocenters. The lowest BCUT2D eigenvalue weighted by Gasteiger charge is -2.15. The molecule has 0 saturated carbocycles. The van der Waals surface area contributed by atoms with Crippen molar-refractivity contribution in [3.8, 4) is 6.07 Å². The number of hydrogen-bond acceptors (Lipinski definition) is 4. The zero-order valence-electron chi connectivity index (χ0n) is 11.0. The molecule has 1 aromatic carbocycles. The molecule has 0 bridgehead atoms. The van der Waals surface area contributed by atoms with Gasteiger partial charge < -0.3 is 4.74 Å². The van der Waals surface area contributed by atoms with Gasteiger partial charge in [0.15, 0.2) is 0 Å². The van der Waals surface area contributed by atoms with E-state index in [0.717, 1.165) is 0 Å². The standard InChI is InChI=1S/C13H11BrF3NO2S/c1-2-20-11(19)5-10-8(6-14)3-4-9(7-18)12(10)21-13(15,16)17/h3-4H,2,5-6H2,1H3. The Morgan fingerprint density at radius 3 is 2.62 bits per heavy atom. The van der Waals surface area contributed by atoms with Crippen molar-refractivity contribution in [3.05, 3.63) is 28.8 Å². The van der Waals surface area contributed by atoms with Crippen molar-refractivity contribution in [2.75, 3.05) is 6.61 Å². The second kappa shape index (κ2) is 7.71. The van der Waals surface area contributed by atoms with Crippen LogP contribution in [0.15, 0.2) is 17.0 Å². The van der Waals surface area contributed by atoms with E-state index in [9.17, 15) is 18.0 Å². The lowest BCUT2D eigenvalue weighted by Crippen LogP contribution is -2.12. The summed E-state index contributed by atoms with van der Waals surface area (Å²) in [7, 11) is 0. The lowest BCUT2D eigenvalue weighted by atomic mass is 10.0. The molecule has 0 aliphatic heterocycles. The van der Waals surface area contributed by atoms with Crippen LogP contribution in [-0.4, -0.2) is 18.1 Å². The molecular weight excluding hydrogens is 371 g/mol. The van der Waals surface area contributed by atoms with Crippen molar-refractivity contribution in [1.82, 2.24) is 0 Å². The average Bonchev–Trinajstić information content (AvgIpc) is 2.39. The van der Waals surface area contributed by atoms with E-state index in [1.54, 1.807) is 13.0 Å². The monoisotopic (exact) mass is 381 g/mol. The highest BCUT2D eigenvalue weighted by Gasteiger charge is 2.33. The fourth-order valence-electron chi connectivity index (χ4n) is 1.66. The summed E-state index contributed by atoms with van der Waals surface area (Å²) in [6.07, 6.45) is -0.303. The Hall–Kier alpha value is -1.20.